The van der Waals surface area contributed by atoms with E-state index in [1.165, 1.54) is 44.9 Å². The molecule has 0 aromatic rings. The average Bonchev–Trinajstić information content (AvgIpc) is 2.34. The van der Waals surface area contributed by atoms with Gasteiger partial charge in [-0.05, 0) is 56.4 Å². The van der Waals surface area contributed by atoms with Crippen molar-refractivity contribution in [2.24, 2.45) is 23.5 Å². The van der Waals surface area contributed by atoms with Crippen molar-refractivity contribution >= 4 is 0 Å². The Morgan fingerprint density at radius 2 is 1.76 bits per heavy atom. The highest BCUT2D eigenvalue weighted by Gasteiger charge is 2.29. The first kappa shape index (κ1) is 13.4. The Balaban J connectivity index is 1.83. The zero-order valence-corrected chi connectivity index (χ0v) is 11.6. The molecule has 2 heteroatoms. The average molecular weight is 238 g/mol. The zero-order valence-electron chi connectivity index (χ0n) is 11.6. The predicted molar refractivity (Wildman–Crippen MR) is 73.9 cm³/mol. The molecule has 2 aliphatic rings. The molecule has 0 aromatic heterocycles. The van der Waals surface area contributed by atoms with Gasteiger partial charge in [-0.1, -0.05) is 26.7 Å². The summed E-state index contributed by atoms with van der Waals surface area (Å²) < 4.78 is 0. The van der Waals surface area contributed by atoms with E-state index in [-0.39, 0.29) is 0 Å². The van der Waals surface area contributed by atoms with E-state index in [1.807, 2.05) is 0 Å². The fraction of sp³-hybridized carbons (Fsp3) is 1.00. The van der Waals surface area contributed by atoms with Gasteiger partial charge < -0.3 is 11.1 Å². The molecule has 0 saturated heterocycles. The van der Waals surface area contributed by atoms with Crippen LogP contribution in [0.3, 0.4) is 0 Å². The lowest BCUT2D eigenvalue weighted by Gasteiger charge is -2.39. The molecule has 0 aromatic carbocycles. The molecule has 5 unspecified atom stereocenters. The maximum Gasteiger partial charge on any atom is 0.0110 e. The maximum absolute atomic E-state index is 5.91. The van der Waals surface area contributed by atoms with Gasteiger partial charge in [0.1, 0.15) is 0 Å². The second-order valence-corrected chi connectivity index (χ2v) is 6.52. The summed E-state index contributed by atoms with van der Waals surface area (Å²) in [4.78, 5) is 0. The molecule has 0 amide bonds. The number of nitrogens with one attached hydrogen (secondary N) is 1. The second kappa shape index (κ2) is 6.19. The molecule has 2 nitrogen and oxygen atoms in total. The monoisotopic (exact) mass is 238 g/mol. The summed E-state index contributed by atoms with van der Waals surface area (Å²) in [5.41, 5.74) is 5.91. The molecule has 0 bridgehead atoms. The van der Waals surface area contributed by atoms with Gasteiger partial charge in [0.05, 0.1) is 0 Å². The van der Waals surface area contributed by atoms with Gasteiger partial charge in [-0.25, -0.2) is 0 Å². The van der Waals surface area contributed by atoms with Gasteiger partial charge in [-0.2, -0.15) is 0 Å². The molecular formula is C15H30N2. The molecule has 17 heavy (non-hydrogen) atoms. The summed E-state index contributed by atoms with van der Waals surface area (Å²) in [7, 11) is 0. The van der Waals surface area contributed by atoms with Crippen molar-refractivity contribution in [3.63, 3.8) is 0 Å². The lowest BCUT2D eigenvalue weighted by Crippen LogP contribution is -2.48. The van der Waals surface area contributed by atoms with Crippen molar-refractivity contribution in [1.82, 2.24) is 5.32 Å². The van der Waals surface area contributed by atoms with E-state index in [0.29, 0.717) is 6.04 Å². The van der Waals surface area contributed by atoms with Crippen LogP contribution < -0.4 is 11.1 Å². The molecule has 3 N–H and O–H groups in total. The van der Waals surface area contributed by atoms with E-state index in [0.717, 1.165) is 30.3 Å². The fourth-order valence-electron chi connectivity index (χ4n) is 3.71. The first-order valence-electron chi connectivity index (χ1n) is 7.66. The van der Waals surface area contributed by atoms with Gasteiger partial charge in [0.2, 0.25) is 0 Å². The SMILES string of the molecule is CC1CCC(NC2CCCCC2CN)CC1C. The Morgan fingerprint density at radius 1 is 1.00 bits per heavy atom. The number of hydrogen-bond donors (Lipinski definition) is 2. The first-order valence-corrected chi connectivity index (χ1v) is 7.66. The van der Waals surface area contributed by atoms with Crippen LogP contribution in [0.4, 0.5) is 0 Å². The van der Waals surface area contributed by atoms with Crippen molar-refractivity contribution in [2.45, 2.75) is 70.9 Å². The molecule has 100 valence electrons. The summed E-state index contributed by atoms with van der Waals surface area (Å²) in [6.07, 6.45) is 9.62. The fourth-order valence-corrected chi connectivity index (χ4v) is 3.71. The standard InChI is InChI=1S/C15H30N2/c1-11-7-8-14(9-12(11)2)17-15-6-4-3-5-13(15)10-16/h11-15,17H,3-10,16H2,1-2H3. The van der Waals surface area contributed by atoms with Crippen LogP contribution in [-0.4, -0.2) is 18.6 Å². The Hall–Kier alpha value is -0.0800. The largest absolute Gasteiger partial charge is 0.330 e. The quantitative estimate of drug-likeness (QED) is 0.793. The van der Waals surface area contributed by atoms with Crippen LogP contribution in [0.25, 0.3) is 0 Å². The van der Waals surface area contributed by atoms with Gasteiger partial charge in [0.15, 0.2) is 0 Å². The van der Waals surface area contributed by atoms with Gasteiger partial charge in [0, 0.05) is 12.1 Å². The molecular weight excluding hydrogens is 208 g/mol. The smallest absolute Gasteiger partial charge is 0.0110 e. The summed E-state index contributed by atoms with van der Waals surface area (Å²) in [6, 6.07) is 1.47. The van der Waals surface area contributed by atoms with Crippen molar-refractivity contribution < 1.29 is 0 Å². The highest BCUT2D eigenvalue weighted by Crippen LogP contribution is 2.31. The molecule has 2 rings (SSSR count). The molecule has 2 aliphatic carbocycles. The maximum atomic E-state index is 5.91. The Bertz CT molecular complexity index is 229. The highest BCUT2D eigenvalue weighted by molar-refractivity contribution is 4.87. The van der Waals surface area contributed by atoms with Gasteiger partial charge >= 0.3 is 0 Å². The minimum absolute atomic E-state index is 0.708. The van der Waals surface area contributed by atoms with Crippen molar-refractivity contribution in [2.75, 3.05) is 6.54 Å². The van der Waals surface area contributed by atoms with Crippen LogP contribution in [-0.2, 0) is 0 Å². The van der Waals surface area contributed by atoms with Gasteiger partial charge in [0.25, 0.3) is 0 Å². The first-order chi connectivity index (χ1) is 8.20. The van der Waals surface area contributed by atoms with Crippen LogP contribution in [0.2, 0.25) is 0 Å². The summed E-state index contributed by atoms with van der Waals surface area (Å²) >= 11 is 0. The Kier molecular flexibility index (Phi) is 4.87. The summed E-state index contributed by atoms with van der Waals surface area (Å²) in [5, 5.41) is 3.93. The minimum atomic E-state index is 0.708. The van der Waals surface area contributed by atoms with Crippen molar-refractivity contribution in [3.8, 4) is 0 Å². The third-order valence-electron chi connectivity index (χ3n) is 5.26. The van der Waals surface area contributed by atoms with Gasteiger partial charge in [-0.15, -0.1) is 0 Å². The van der Waals surface area contributed by atoms with Gasteiger partial charge in [-0.3, -0.25) is 0 Å². The van der Waals surface area contributed by atoms with E-state index in [2.05, 4.69) is 19.2 Å². The molecule has 2 saturated carbocycles. The predicted octanol–water partition coefficient (Wildman–Crippen LogP) is 2.92. The highest BCUT2D eigenvalue weighted by atomic mass is 15.0. The molecule has 0 radical (unpaired) electrons. The van der Waals surface area contributed by atoms with E-state index in [1.54, 1.807) is 0 Å². The molecule has 2 fully saturated rings. The second-order valence-electron chi connectivity index (χ2n) is 6.52. The van der Waals surface area contributed by atoms with E-state index in [4.69, 9.17) is 5.73 Å². The number of nitrogens with two attached hydrogens (primary N) is 1. The number of rotatable bonds is 3. The minimum Gasteiger partial charge on any atom is -0.330 e. The zero-order chi connectivity index (χ0) is 12.3. The molecule has 5 atom stereocenters. The van der Waals surface area contributed by atoms with Crippen molar-refractivity contribution in [3.05, 3.63) is 0 Å². The van der Waals surface area contributed by atoms with Crippen molar-refractivity contribution in [1.29, 1.82) is 0 Å². The summed E-state index contributed by atoms with van der Waals surface area (Å²) in [6.45, 7) is 5.69. The summed E-state index contributed by atoms with van der Waals surface area (Å²) in [5.74, 6) is 2.55. The van der Waals surface area contributed by atoms with Crippen LogP contribution in [0, 0.1) is 17.8 Å². The molecule has 0 aliphatic heterocycles. The van der Waals surface area contributed by atoms with Crippen LogP contribution in [0.15, 0.2) is 0 Å². The number of hydrogen-bond acceptors (Lipinski definition) is 2. The Morgan fingerprint density at radius 3 is 2.47 bits per heavy atom. The van der Waals surface area contributed by atoms with E-state index >= 15 is 0 Å². The topological polar surface area (TPSA) is 38.0 Å². The molecule has 0 spiro atoms. The lowest BCUT2D eigenvalue weighted by molar-refractivity contribution is 0.180. The van der Waals surface area contributed by atoms with E-state index < -0.39 is 0 Å². The van der Waals surface area contributed by atoms with Crippen LogP contribution >= 0.6 is 0 Å². The van der Waals surface area contributed by atoms with E-state index in [9.17, 15) is 0 Å². The Labute approximate surface area is 107 Å². The lowest BCUT2D eigenvalue weighted by atomic mass is 9.77. The van der Waals surface area contributed by atoms with Crippen LogP contribution in [0.1, 0.15) is 58.8 Å². The third kappa shape index (κ3) is 3.45. The normalized spacial score (nSPS) is 43.6. The molecule has 0 heterocycles. The third-order valence-corrected chi connectivity index (χ3v) is 5.26. The van der Waals surface area contributed by atoms with Crippen LogP contribution in [0.5, 0.6) is 0 Å².